The highest BCUT2D eigenvalue weighted by Gasteiger charge is 2.50. The van der Waals surface area contributed by atoms with E-state index in [2.05, 4.69) is 0 Å². The van der Waals surface area contributed by atoms with Gasteiger partial charge in [0.2, 0.25) is 5.91 Å². The van der Waals surface area contributed by atoms with E-state index in [1.807, 2.05) is 0 Å². The van der Waals surface area contributed by atoms with E-state index in [4.69, 9.17) is 5.11 Å². The van der Waals surface area contributed by atoms with Crippen molar-refractivity contribution in [3.05, 3.63) is 0 Å². The summed E-state index contributed by atoms with van der Waals surface area (Å²) >= 11 is 0. The second-order valence-corrected chi connectivity index (χ2v) is 6.50. The fourth-order valence-electron chi connectivity index (χ4n) is 3.71. The largest absolute Gasteiger partial charge is 0.480 e. The van der Waals surface area contributed by atoms with Crippen molar-refractivity contribution >= 4 is 11.9 Å². The van der Waals surface area contributed by atoms with Crippen LogP contribution in [-0.4, -0.2) is 34.5 Å². The lowest BCUT2D eigenvalue weighted by atomic mass is 9.85. The minimum absolute atomic E-state index is 0.0998. The highest BCUT2D eigenvalue weighted by Crippen LogP contribution is 2.50. The molecule has 1 N–H and O–H groups in total. The van der Waals surface area contributed by atoms with E-state index in [-0.39, 0.29) is 24.4 Å². The number of hydrogen-bond donors (Lipinski definition) is 1. The Morgan fingerprint density at radius 3 is 2.32 bits per heavy atom. The second-order valence-electron chi connectivity index (χ2n) is 6.50. The summed E-state index contributed by atoms with van der Waals surface area (Å²) in [7, 11) is 0. The lowest BCUT2D eigenvalue weighted by Gasteiger charge is -2.24. The number of aliphatic carboxylic acids is 1. The minimum Gasteiger partial charge on any atom is -0.480 e. The van der Waals surface area contributed by atoms with Gasteiger partial charge in [-0.2, -0.15) is 0 Å². The molecule has 0 aromatic rings. The van der Waals surface area contributed by atoms with Gasteiger partial charge in [-0.3, -0.25) is 9.59 Å². The van der Waals surface area contributed by atoms with Crippen molar-refractivity contribution in [2.45, 2.75) is 57.4 Å². The molecule has 4 heteroatoms. The van der Waals surface area contributed by atoms with E-state index in [1.54, 1.807) is 4.90 Å². The number of amides is 1. The molecular formula is C15H23NO3. The highest BCUT2D eigenvalue weighted by molar-refractivity contribution is 5.85. The smallest absolute Gasteiger partial charge is 0.323 e. The number of rotatable bonds is 5. The maximum absolute atomic E-state index is 12.4. The van der Waals surface area contributed by atoms with Crippen molar-refractivity contribution in [2.75, 3.05) is 6.54 Å². The molecule has 0 aromatic carbocycles. The fraction of sp³-hybridized carbons (Fsp3) is 0.867. The number of carboxylic acid groups (broad SMARTS) is 1. The zero-order chi connectivity index (χ0) is 13.4. The molecule has 0 aromatic heterocycles. The van der Waals surface area contributed by atoms with Crippen LogP contribution in [-0.2, 0) is 9.59 Å². The summed E-state index contributed by atoms with van der Waals surface area (Å²) in [6.45, 7) is -0.0998. The topological polar surface area (TPSA) is 57.6 Å². The van der Waals surface area contributed by atoms with Crippen LogP contribution in [0.1, 0.15) is 51.4 Å². The summed E-state index contributed by atoms with van der Waals surface area (Å²) in [6.07, 6.45) is 9.49. The predicted molar refractivity (Wildman–Crippen MR) is 70.5 cm³/mol. The second kappa shape index (κ2) is 5.14. The quantitative estimate of drug-likeness (QED) is 0.829. The lowest BCUT2D eigenvalue weighted by Crippen LogP contribution is -2.39. The maximum atomic E-state index is 12.4. The molecule has 0 radical (unpaired) electrons. The number of carboxylic acids is 1. The zero-order valence-corrected chi connectivity index (χ0v) is 11.4. The Balaban J connectivity index is 1.56. The van der Waals surface area contributed by atoms with Crippen LogP contribution in [0.3, 0.4) is 0 Å². The van der Waals surface area contributed by atoms with E-state index in [9.17, 15) is 9.59 Å². The van der Waals surface area contributed by atoms with Crippen molar-refractivity contribution in [3.63, 3.8) is 0 Å². The molecule has 4 nitrogen and oxygen atoms in total. The number of carbonyl (C=O) groups is 2. The molecule has 1 amide bonds. The Bertz CT molecular complexity index is 372. The number of nitrogens with zero attached hydrogens (tertiary/aromatic N) is 1. The maximum Gasteiger partial charge on any atom is 0.323 e. The van der Waals surface area contributed by atoms with Gasteiger partial charge in [-0.25, -0.2) is 0 Å². The van der Waals surface area contributed by atoms with Crippen molar-refractivity contribution in [2.24, 2.45) is 17.8 Å². The van der Waals surface area contributed by atoms with Crippen molar-refractivity contribution in [1.82, 2.24) is 4.90 Å². The summed E-state index contributed by atoms with van der Waals surface area (Å²) in [6, 6.07) is 0.219. The Kier molecular flexibility index (Phi) is 3.50. The van der Waals surface area contributed by atoms with Crippen LogP contribution < -0.4 is 0 Å². The normalized spacial score (nSPS) is 30.9. The van der Waals surface area contributed by atoms with Crippen molar-refractivity contribution in [3.8, 4) is 0 Å². The van der Waals surface area contributed by atoms with E-state index in [0.29, 0.717) is 5.92 Å². The molecule has 0 spiro atoms. The first-order valence-corrected chi connectivity index (χ1v) is 7.69. The van der Waals surface area contributed by atoms with Crippen LogP contribution in [0.4, 0.5) is 0 Å². The molecule has 2 unspecified atom stereocenters. The van der Waals surface area contributed by atoms with Gasteiger partial charge in [0.1, 0.15) is 6.54 Å². The molecule has 0 bridgehead atoms. The van der Waals surface area contributed by atoms with Crippen LogP contribution in [0.15, 0.2) is 0 Å². The van der Waals surface area contributed by atoms with Gasteiger partial charge in [0, 0.05) is 12.0 Å². The van der Waals surface area contributed by atoms with E-state index in [0.717, 1.165) is 25.2 Å². The first-order valence-electron chi connectivity index (χ1n) is 7.69. The monoisotopic (exact) mass is 265 g/mol. The Hall–Kier alpha value is -1.06. The molecule has 106 valence electrons. The molecular weight excluding hydrogens is 242 g/mol. The van der Waals surface area contributed by atoms with Gasteiger partial charge < -0.3 is 10.0 Å². The number of hydrogen-bond acceptors (Lipinski definition) is 2. The van der Waals surface area contributed by atoms with Gasteiger partial charge in [-0.05, 0) is 31.1 Å². The summed E-state index contributed by atoms with van der Waals surface area (Å²) in [4.78, 5) is 25.0. The van der Waals surface area contributed by atoms with E-state index in [1.165, 1.54) is 32.1 Å². The third kappa shape index (κ3) is 2.93. The minimum atomic E-state index is -0.880. The Morgan fingerprint density at radius 2 is 1.74 bits per heavy atom. The van der Waals surface area contributed by atoms with Crippen molar-refractivity contribution < 1.29 is 14.7 Å². The standard InChI is InChI=1S/C15H23NO3/c17-14(18)9-16(11-6-7-11)15(19)13-8-12(13)10-4-2-1-3-5-10/h10-13H,1-9H2,(H,17,18). The molecule has 0 heterocycles. The van der Waals surface area contributed by atoms with Gasteiger partial charge in [0.05, 0.1) is 0 Å². The number of carbonyl (C=O) groups excluding carboxylic acids is 1. The summed E-state index contributed by atoms with van der Waals surface area (Å²) in [5.41, 5.74) is 0. The fourth-order valence-corrected chi connectivity index (χ4v) is 3.71. The molecule has 19 heavy (non-hydrogen) atoms. The molecule has 3 saturated carbocycles. The Morgan fingerprint density at radius 1 is 1.05 bits per heavy atom. The Labute approximate surface area is 114 Å². The zero-order valence-electron chi connectivity index (χ0n) is 11.4. The SMILES string of the molecule is O=C(O)CN(C(=O)C1CC1C1CCCCC1)C1CC1. The van der Waals surface area contributed by atoms with E-state index >= 15 is 0 Å². The third-order valence-corrected chi connectivity index (χ3v) is 4.99. The van der Waals surface area contributed by atoms with Gasteiger partial charge in [-0.15, -0.1) is 0 Å². The lowest BCUT2D eigenvalue weighted by molar-refractivity contribution is -0.145. The molecule has 3 aliphatic carbocycles. The molecule has 0 aliphatic heterocycles. The molecule has 2 atom stereocenters. The van der Waals surface area contributed by atoms with Crippen LogP contribution >= 0.6 is 0 Å². The van der Waals surface area contributed by atoms with Crippen LogP contribution in [0.5, 0.6) is 0 Å². The summed E-state index contributed by atoms with van der Waals surface area (Å²) in [5, 5.41) is 8.93. The van der Waals surface area contributed by atoms with Gasteiger partial charge in [0.25, 0.3) is 0 Å². The van der Waals surface area contributed by atoms with Crippen molar-refractivity contribution in [1.29, 1.82) is 0 Å². The van der Waals surface area contributed by atoms with Crippen LogP contribution in [0.2, 0.25) is 0 Å². The third-order valence-electron chi connectivity index (χ3n) is 4.99. The average Bonchev–Trinajstić information content (AvgIpc) is 3.29. The van der Waals surface area contributed by atoms with Gasteiger partial charge in [0.15, 0.2) is 0 Å². The van der Waals surface area contributed by atoms with Gasteiger partial charge >= 0.3 is 5.97 Å². The molecule has 3 fully saturated rings. The highest BCUT2D eigenvalue weighted by atomic mass is 16.4. The van der Waals surface area contributed by atoms with Crippen LogP contribution in [0, 0.1) is 17.8 Å². The molecule has 3 aliphatic rings. The summed E-state index contributed by atoms with van der Waals surface area (Å²) in [5.74, 6) is 0.676. The molecule has 0 saturated heterocycles. The molecule has 3 rings (SSSR count). The van der Waals surface area contributed by atoms with Crippen LogP contribution in [0.25, 0.3) is 0 Å². The van der Waals surface area contributed by atoms with Gasteiger partial charge in [-0.1, -0.05) is 32.1 Å². The summed E-state index contributed by atoms with van der Waals surface area (Å²) < 4.78 is 0. The average molecular weight is 265 g/mol. The van der Waals surface area contributed by atoms with E-state index < -0.39 is 5.97 Å². The predicted octanol–water partition coefficient (Wildman–Crippen LogP) is 2.28. The first kappa shape index (κ1) is 12.9. The first-order chi connectivity index (χ1) is 9.16.